The predicted molar refractivity (Wildman–Crippen MR) is 107 cm³/mol. The van der Waals surface area contributed by atoms with Crippen molar-refractivity contribution in [3.63, 3.8) is 0 Å². The minimum Gasteiger partial charge on any atom is -0.489 e. The quantitative estimate of drug-likeness (QED) is 0.715. The molecular weight excluding hydrogens is 372 g/mol. The third-order valence-corrected chi connectivity index (χ3v) is 6.42. The number of hydrogen-bond acceptors (Lipinski definition) is 5. The van der Waals surface area contributed by atoms with Gasteiger partial charge in [0.15, 0.2) is 0 Å². The first kappa shape index (κ1) is 19.8. The first-order valence-electron chi connectivity index (χ1n) is 9.22. The summed E-state index contributed by atoms with van der Waals surface area (Å²) in [4.78, 5) is 14.7. The molecule has 1 amide bonds. The standard InChI is InChI=1S/C19H27ClN2O3S/c1-24-10-7-21-19(23)14-2-3-18(17(20)12-14)25-16-4-8-22(9-5-16)15-6-11-26-13-15/h2-3,12,15-16H,4-11,13H2,1H3,(H,21,23)/t15-/m1/s1. The second-order valence-electron chi connectivity index (χ2n) is 6.76. The number of nitrogens with one attached hydrogen (secondary N) is 1. The third kappa shape index (κ3) is 5.28. The maximum absolute atomic E-state index is 12.1. The fourth-order valence-corrected chi connectivity index (χ4v) is 4.93. The molecule has 0 aliphatic carbocycles. The molecule has 0 radical (unpaired) electrons. The van der Waals surface area contributed by atoms with E-state index in [4.69, 9.17) is 21.1 Å². The number of benzene rings is 1. The molecular formula is C19H27ClN2O3S. The first-order valence-corrected chi connectivity index (χ1v) is 10.8. The third-order valence-electron chi connectivity index (χ3n) is 4.98. The van der Waals surface area contributed by atoms with Crippen LogP contribution in [0, 0.1) is 0 Å². The number of carbonyl (C=O) groups excluding carboxylic acids is 1. The number of piperidine rings is 1. The Hall–Kier alpha value is -0.950. The van der Waals surface area contributed by atoms with Crippen molar-refractivity contribution in [1.29, 1.82) is 0 Å². The van der Waals surface area contributed by atoms with Crippen LogP contribution in [0.3, 0.4) is 0 Å². The molecule has 0 unspecified atom stereocenters. The van der Waals surface area contributed by atoms with E-state index in [0.29, 0.717) is 29.5 Å². The maximum atomic E-state index is 12.1. The summed E-state index contributed by atoms with van der Waals surface area (Å²) in [6, 6.07) is 5.98. The van der Waals surface area contributed by atoms with Crippen LogP contribution in [0.1, 0.15) is 29.6 Å². The van der Waals surface area contributed by atoms with Crippen LogP contribution in [0.2, 0.25) is 5.02 Å². The van der Waals surface area contributed by atoms with Crippen molar-refractivity contribution in [3.05, 3.63) is 28.8 Å². The van der Waals surface area contributed by atoms with Crippen molar-refractivity contribution in [3.8, 4) is 5.75 Å². The first-order chi connectivity index (χ1) is 12.7. The van der Waals surface area contributed by atoms with Crippen LogP contribution in [0.25, 0.3) is 0 Å². The zero-order valence-corrected chi connectivity index (χ0v) is 16.8. The molecule has 144 valence electrons. The van der Waals surface area contributed by atoms with E-state index in [1.54, 1.807) is 25.3 Å². The van der Waals surface area contributed by atoms with Gasteiger partial charge >= 0.3 is 0 Å². The van der Waals surface area contributed by atoms with Gasteiger partial charge in [0.25, 0.3) is 5.91 Å². The smallest absolute Gasteiger partial charge is 0.251 e. The molecule has 2 aliphatic heterocycles. The molecule has 1 aromatic rings. The average molecular weight is 399 g/mol. The molecule has 0 aromatic heterocycles. The highest BCUT2D eigenvalue weighted by Crippen LogP contribution is 2.30. The van der Waals surface area contributed by atoms with Gasteiger partial charge in [-0.05, 0) is 43.2 Å². The van der Waals surface area contributed by atoms with Gasteiger partial charge < -0.3 is 14.8 Å². The number of amides is 1. The zero-order valence-electron chi connectivity index (χ0n) is 15.2. The Morgan fingerprint density at radius 1 is 1.35 bits per heavy atom. The van der Waals surface area contributed by atoms with Gasteiger partial charge in [-0.3, -0.25) is 9.69 Å². The Bertz CT molecular complexity index is 602. The minimum absolute atomic E-state index is 0.154. The molecule has 0 bridgehead atoms. The van der Waals surface area contributed by atoms with Crippen LogP contribution in [0.15, 0.2) is 18.2 Å². The molecule has 0 saturated carbocycles. The zero-order chi connectivity index (χ0) is 18.4. The summed E-state index contributed by atoms with van der Waals surface area (Å²) in [5.74, 6) is 3.07. The Morgan fingerprint density at radius 2 is 2.15 bits per heavy atom. The number of thioether (sulfide) groups is 1. The molecule has 1 N–H and O–H groups in total. The molecule has 3 rings (SSSR count). The highest BCUT2D eigenvalue weighted by atomic mass is 35.5. The number of carbonyl (C=O) groups is 1. The van der Waals surface area contributed by atoms with E-state index in [9.17, 15) is 4.79 Å². The highest BCUT2D eigenvalue weighted by molar-refractivity contribution is 7.99. The van der Waals surface area contributed by atoms with E-state index in [1.807, 2.05) is 0 Å². The number of likely N-dealkylation sites (tertiary alicyclic amines) is 1. The van der Waals surface area contributed by atoms with E-state index in [2.05, 4.69) is 22.0 Å². The van der Waals surface area contributed by atoms with Crippen LogP contribution < -0.4 is 10.1 Å². The minimum atomic E-state index is -0.154. The molecule has 2 saturated heterocycles. The lowest BCUT2D eigenvalue weighted by Gasteiger charge is -2.35. The van der Waals surface area contributed by atoms with Crippen LogP contribution in [0.5, 0.6) is 5.75 Å². The number of methoxy groups -OCH3 is 1. The van der Waals surface area contributed by atoms with E-state index in [1.165, 1.54) is 17.9 Å². The summed E-state index contributed by atoms with van der Waals surface area (Å²) in [7, 11) is 1.60. The van der Waals surface area contributed by atoms with Crippen molar-refractivity contribution >= 4 is 29.3 Å². The molecule has 26 heavy (non-hydrogen) atoms. The van der Waals surface area contributed by atoms with Crippen LogP contribution in [-0.2, 0) is 4.74 Å². The number of ether oxygens (including phenoxy) is 2. The summed E-state index contributed by atoms with van der Waals surface area (Å²) < 4.78 is 11.0. The fourth-order valence-electron chi connectivity index (χ4n) is 3.45. The van der Waals surface area contributed by atoms with Crippen LogP contribution >= 0.6 is 23.4 Å². The highest BCUT2D eigenvalue weighted by Gasteiger charge is 2.28. The van der Waals surface area contributed by atoms with E-state index in [-0.39, 0.29) is 12.0 Å². The van der Waals surface area contributed by atoms with Gasteiger partial charge in [-0.15, -0.1) is 0 Å². The normalized spacial score (nSPS) is 21.7. The van der Waals surface area contributed by atoms with Gasteiger partial charge in [0.2, 0.25) is 0 Å². The summed E-state index contributed by atoms with van der Waals surface area (Å²) in [5, 5.41) is 3.27. The summed E-state index contributed by atoms with van der Waals surface area (Å²) in [5.41, 5.74) is 0.534. The number of rotatable bonds is 7. The van der Waals surface area contributed by atoms with Gasteiger partial charge in [0, 0.05) is 44.1 Å². The average Bonchev–Trinajstić information content (AvgIpc) is 3.19. The summed E-state index contributed by atoms with van der Waals surface area (Å²) in [6.07, 6.45) is 3.56. The number of hydrogen-bond donors (Lipinski definition) is 1. The van der Waals surface area contributed by atoms with Crippen LogP contribution in [0.4, 0.5) is 0 Å². The molecule has 1 atom stereocenters. The second-order valence-corrected chi connectivity index (χ2v) is 8.32. The molecule has 2 heterocycles. The fraction of sp³-hybridized carbons (Fsp3) is 0.632. The summed E-state index contributed by atoms with van der Waals surface area (Å²) >= 11 is 8.40. The van der Waals surface area contributed by atoms with E-state index < -0.39 is 0 Å². The van der Waals surface area contributed by atoms with Gasteiger partial charge in [-0.1, -0.05) is 11.6 Å². The Balaban J connectivity index is 1.50. The number of nitrogens with zero attached hydrogens (tertiary/aromatic N) is 1. The van der Waals surface area contributed by atoms with E-state index >= 15 is 0 Å². The van der Waals surface area contributed by atoms with Gasteiger partial charge in [0.1, 0.15) is 11.9 Å². The van der Waals surface area contributed by atoms with Crippen molar-refractivity contribution in [2.45, 2.75) is 31.4 Å². The molecule has 2 fully saturated rings. The van der Waals surface area contributed by atoms with E-state index in [0.717, 1.165) is 32.0 Å². The SMILES string of the molecule is COCCNC(=O)c1ccc(OC2CCN([C@@H]3CCSC3)CC2)c(Cl)c1. The Kier molecular flexibility index (Phi) is 7.49. The van der Waals surface area contributed by atoms with Crippen LogP contribution in [-0.4, -0.2) is 67.8 Å². The Labute approximate surface area is 164 Å². The van der Waals surface area contributed by atoms with Crippen molar-refractivity contribution in [1.82, 2.24) is 10.2 Å². The Morgan fingerprint density at radius 3 is 2.81 bits per heavy atom. The predicted octanol–water partition coefficient (Wildman–Crippen LogP) is 3.06. The van der Waals surface area contributed by atoms with Crippen molar-refractivity contribution in [2.75, 3.05) is 44.9 Å². The lowest BCUT2D eigenvalue weighted by atomic mass is 10.0. The lowest BCUT2D eigenvalue weighted by Crippen LogP contribution is -2.44. The molecule has 7 heteroatoms. The molecule has 1 aromatic carbocycles. The second kappa shape index (κ2) is 9.83. The monoisotopic (exact) mass is 398 g/mol. The largest absolute Gasteiger partial charge is 0.489 e. The van der Waals surface area contributed by atoms with Gasteiger partial charge in [-0.2, -0.15) is 11.8 Å². The van der Waals surface area contributed by atoms with Gasteiger partial charge in [0.05, 0.1) is 11.6 Å². The lowest BCUT2D eigenvalue weighted by molar-refractivity contribution is 0.0817. The maximum Gasteiger partial charge on any atom is 0.251 e. The molecule has 5 nitrogen and oxygen atoms in total. The molecule has 0 spiro atoms. The topological polar surface area (TPSA) is 50.8 Å². The summed E-state index contributed by atoms with van der Waals surface area (Å²) in [6.45, 7) is 3.14. The van der Waals surface area contributed by atoms with Gasteiger partial charge in [-0.25, -0.2) is 0 Å². The van der Waals surface area contributed by atoms with Crippen molar-refractivity contribution in [2.24, 2.45) is 0 Å². The molecule has 2 aliphatic rings. The van der Waals surface area contributed by atoms with Crippen molar-refractivity contribution < 1.29 is 14.3 Å². The number of halogens is 1.